The zero-order chi connectivity index (χ0) is 38.7. The van der Waals surface area contributed by atoms with Gasteiger partial charge in [-0.1, -0.05) is 107 Å². The zero-order valence-electron chi connectivity index (χ0n) is 31.6. The fourth-order valence-electron chi connectivity index (χ4n) is 5.89. The lowest BCUT2D eigenvalue weighted by Gasteiger charge is -2.39. The van der Waals surface area contributed by atoms with E-state index in [4.69, 9.17) is 4.74 Å². The molecule has 0 spiro atoms. The van der Waals surface area contributed by atoms with Crippen LogP contribution in [0.2, 0.25) is 0 Å². The summed E-state index contributed by atoms with van der Waals surface area (Å²) in [5, 5.41) is 9.09. The highest BCUT2D eigenvalue weighted by Crippen LogP contribution is 2.25. The quantitative estimate of drug-likeness (QED) is 0.100. The summed E-state index contributed by atoms with van der Waals surface area (Å²) in [5.41, 5.74) is -1.76. The molecule has 0 saturated carbocycles. The number of carbonyl (C=O) groups excluding carboxylic acids is 4. The molecule has 4 aromatic rings. The average Bonchev–Trinajstić information content (AvgIpc) is 3.13. The first-order valence-electron chi connectivity index (χ1n) is 18.1. The van der Waals surface area contributed by atoms with Gasteiger partial charge in [0, 0.05) is 10.0 Å². The summed E-state index contributed by atoms with van der Waals surface area (Å²) in [4.78, 5) is 56.8. The molecule has 0 saturated heterocycles. The summed E-state index contributed by atoms with van der Waals surface area (Å²) in [5.74, 6) is -2.04. The van der Waals surface area contributed by atoms with Crippen molar-refractivity contribution in [2.24, 2.45) is 0 Å². The molecule has 0 bridgehead atoms. The minimum absolute atomic E-state index is 0.215. The highest BCUT2D eigenvalue weighted by Gasteiger charge is 2.46. The van der Waals surface area contributed by atoms with E-state index in [9.17, 15) is 19.2 Å². The first kappa shape index (κ1) is 41.0. The third kappa shape index (κ3) is 12.1. The predicted molar refractivity (Wildman–Crippen MR) is 213 cm³/mol. The van der Waals surface area contributed by atoms with Crippen LogP contribution in [0, 0.1) is 0 Å². The topological polar surface area (TPSA) is 114 Å². The zero-order valence-corrected chi connectivity index (χ0v) is 33.2. The molecule has 4 aromatic carbocycles. The smallest absolute Gasteiger partial charge is 0.332 e. The Labute approximate surface area is 322 Å². The van der Waals surface area contributed by atoms with Gasteiger partial charge in [-0.15, -0.1) is 0 Å². The van der Waals surface area contributed by atoms with E-state index in [2.05, 4.69) is 31.9 Å². The molecule has 3 amide bonds. The number of hydrogen-bond acceptors (Lipinski definition) is 5. The Morgan fingerprint density at radius 1 is 0.509 bits per heavy atom. The number of carbonyl (C=O) groups is 4. The van der Waals surface area contributed by atoms with Gasteiger partial charge < -0.3 is 20.7 Å². The molecule has 0 aliphatic carbocycles. The van der Waals surface area contributed by atoms with Crippen LogP contribution in [0.1, 0.15) is 87.9 Å². The molecule has 0 aliphatic rings. The van der Waals surface area contributed by atoms with Gasteiger partial charge in [0.25, 0.3) is 5.91 Å². The van der Waals surface area contributed by atoms with Gasteiger partial charge in [0.15, 0.2) is 0 Å². The first-order valence-corrected chi connectivity index (χ1v) is 18.9. The lowest BCUT2D eigenvalue weighted by Crippen LogP contribution is -2.67. The fraction of sp³-hybridized carbons (Fsp3) is 0.364. The summed E-state index contributed by atoms with van der Waals surface area (Å²) >= 11 is 3.41. The number of benzene rings is 4. The molecular formula is C44H52BrN3O5. The summed E-state index contributed by atoms with van der Waals surface area (Å²) in [6.07, 6.45) is 2.20. The molecule has 9 heteroatoms. The SMILES string of the molecule is CC(C)(C)OC(=O)[C@](C)(CCc1ccccc1)NC(=O)[C@](C)(CCc1ccccc1)NC(=O)[C@](C)(CCc1ccccc1)NC(=O)c1ccc(Br)cc1. The van der Waals surface area contributed by atoms with E-state index in [1.807, 2.05) is 91.0 Å². The first-order chi connectivity index (χ1) is 25.0. The fourth-order valence-corrected chi connectivity index (χ4v) is 6.15. The summed E-state index contributed by atoms with van der Waals surface area (Å²) in [6, 6.07) is 36.0. The molecule has 53 heavy (non-hydrogen) atoms. The van der Waals surface area contributed by atoms with Crippen LogP contribution in [0.5, 0.6) is 0 Å². The van der Waals surface area contributed by atoms with E-state index < -0.39 is 45.9 Å². The second-order valence-corrected chi connectivity index (χ2v) is 16.2. The van der Waals surface area contributed by atoms with Gasteiger partial charge >= 0.3 is 5.97 Å². The van der Waals surface area contributed by atoms with Crippen LogP contribution in [0.3, 0.4) is 0 Å². The van der Waals surface area contributed by atoms with Crippen molar-refractivity contribution < 1.29 is 23.9 Å². The van der Waals surface area contributed by atoms with Gasteiger partial charge in [0.2, 0.25) is 11.8 Å². The van der Waals surface area contributed by atoms with Crippen molar-refractivity contribution in [3.8, 4) is 0 Å². The van der Waals surface area contributed by atoms with Crippen molar-refractivity contribution in [1.82, 2.24) is 16.0 Å². The van der Waals surface area contributed by atoms with E-state index in [1.165, 1.54) is 0 Å². The molecule has 280 valence electrons. The molecule has 0 heterocycles. The Morgan fingerprint density at radius 2 is 0.868 bits per heavy atom. The van der Waals surface area contributed by atoms with E-state index in [0.29, 0.717) is 24.8 Å². The lowest BCUT2D eigenvalue weighted by atomic mass is 9.86. The monoisotopic (exact) mass is 781 g/mol. The van der Waals surface area contributed by atoms with Crippen molar-refractivity contribution in [3.63, 3.8) is 0 Å². The normalized spacial score (nSPS) is 14.8. The third-order valence-electron chi connectivity index (χ3n) is 9.40. The number of aryl methyl sites for hydroxylation is 3. The van der Waals surface area contributed by atoms with E-state index >= 15 is 0 Å². The van der Waals surface area contributed by atoms with Gasteiger partial charge in [-0.2, -0.15) is 0 Å². The maximum atomic E-state index is 14.7. The second-order valence-electron chi connectivity index (χ2n) is 15.3. The Hall–Kier alpha value is -4.76. The minimum Gasteiger partial charge on any atom is -0.458 e. The Morgan fingerprint density at radius 3 is 1.26 bits per heavy atom. The highest BCUT2D eigenvalue weighted by atomic mass is 79.9. The molecule has 0 fully saturated rings. The number of nitrogens with one attached hydrogen (secondary N) is 3. The van der Waals surface area contributed by atoms with Gasteiger partial charge in [-0.05, 0) is 121 Å². The molecule has 3 atom stereocenters. The maximum Gasteiger partial charge on any atom is 0.332 e. The number of rotatable bonds is 16. The van der Waals surface area contributed by atoms with Crippen LogP contribution in [0.25, 0.3) is 0 Å². The van der Waals surface area contributed by atoms with Crippen molar-refractivity contribution in [1.29, 1.82) is 0 Å². The number of amides is 3. The summed E-state index contributed by atoms with van der Waals surface area (Å²) in [6.45, 7) is 10.4. The molecule has 0 aromatic heterocycles. The van der Waals surface area contributed by atoms with Crippen LogP contribution in [0.15, 0.2) is 120 Å². The third-order valence-corrected chi connectivity index (χ3v) is 9.92. The number of hydrogen-bond donors (Lipinski definition) is 3. The minimum atomic E-state index is -1.50. The molecule has 0 unspecified atom stereocenters. The Kier molecular flexibility index (Phi) is 13.8. The molecule has 0 radical (unpaired) electrons. The van der Waals surface area contributed by atoms with Crippen LogP contribution >= 0.6 is 15.9 Å². The van der Waals surface area contributed by atoms with Crippen molar-refractivity contribution in [2.75, 3.05) is 0 Å². The van der Waals surface area contributed by atoms with Crippen LogP contribution < -0.4 is 16.0 Å². The van der Waals surface area contributed by atoms with E-state index in [-0.39, 0.29) is 19.3 Å². The Bertz CT molecular complexity index is 1830. The van der Waals surface area contributed by atoms with Crippen LogP contribution in [-0.2, 0) is 38.4 Å². The van der Waals surface area contributed by atoms with E-state index in [0.717, 1.165) is 21.2 Å². The Balaban J connectivity index is 1.68. The molecule has 3 N–H and O–H groups in total. The summed E-state index contributed by atoms with van der Waals surface area (Å²) < 4.78 is 6.67. The van der Waals surface area contributed by atoms with Crippen LogP contribution in [0.4, 0.5) is 0 Å². The largest absolute Gasteiger partial charge is 0.458 e. The molecule has 8 nitrogen and oxygen atoms in total. The predicted octanol–water partition coefficient (Wildman–Crippen LogP) is 7.93. The standard InChI is InChI=1S/C44H52BrN3O5/c1-41(2,3)53-40(52)44(6,31-28-34-20-14-9-15-21-34)48-39(51)43(5,30-27-33-18-12-8-13-19-33)47-38(50)42(4,29-26-32-16-10-7-11-17-32)46-37(49)35-22-24-36(45)25-23-35/h7-25H,26-31H2,1-6H3,(H,46,49)(H,47,50)(H,48,51)/t42-,43-,44-/m0/s1. The van der Waals surface area contributed by atoms with Gasteiger partial charge in [-0.3, -0.25) is 14.4 Å². The summed E-state index contributed by atoms with van der Waals surface area (Å²) in [7, 11) is 0. The van der Waals surface area contributed by atoms with E-state index in [1.54, 1.807) is 65.8 Å². The number of esters is 1. The van der Waals surface area contributed by atoms with Crippen molar-refractivity contribution in [2.45, 2.75) is 102 Å². The lowest BCUT2D eigenvalue weighted by molar-refractivity contribution is -0.164. The van der Waals surface area contributed by atoms with Gasteiger partial charge in [-0.25, -0.2) is 4.79 Å². The van der Waals surface area contributed by atoms with Gasteiger partial charge in [0.1, 0.15) is 22.2 Å². The van der Waals surface area contributed by atoms with Crippen LogP contribution in [-0.4, -0.2) is 45.9 Å². The number of halogens is 1. The van der Waals surface area contributed by atoms with Crippen molar-refractivity contribution >= 4 is 39.6 Å². The highest BCUT2D eigenvalue weighted by molar-refractivity contribution is 9.10. The maximum absolute atomic E-state index is 14.7. The second kappa shape index (κ2) is 17.8. The molecule has 0 aliphatic heterocycles. The average molecular weight is 783 g/mol. The molecular weight excluding hydrogens is 730 g/mol. The molecule has 4 rings (SSSR count). The number of ether oxygens (including phenoxy) is 1. The van der Waals surface area contributed by atoms with Crippen molar-refractivity contribution in [3.05, 3.63) is 142 Å². The van der Waals surface area contributed by atoms with Gasteiger partial charge in [0.05, 0.1) is 0 Å².